The number of aliphatic imine (C=N–C) groups is 1. The quantitative estimate of drug-likeness (QED) is 0.0333. The number of unbranched alkanes of at least 4 members (excludes halogenated alkanes) is 1. The van der Waals surface area contributed by atoms with Crippen molar-refractivity contribution in [3.63, 3.8) is 0 Å². The van der Waals surface area contributed by atoms with E-state index in [1.807, 2.05) is 0 Å². The molecule has 0 unspecified atom stereocenters. The van der Waals surface area contributed by atoms with Gasteiger partial charge in [-0.3, -0.25) is 62.5 Å². The van der Waals surface area contributed by atoms with E-state index in [1.54, 1.807) is 13.8 Å². The average Bonchev–Trinajstić information content (AvgIpc) is 4.26. The van der Waals surface area contributed by atoms with Crippen molar-refractivity contribution >= 4 is 76.8 Å². The third kappa shape index (κ3) is 21.8. The molecule has 4 rings (SSSR count). The smallest absolute Gasteiger partial charge is 0.245 e. The molecular formula is C49H78N20O12. The van der Waals surface area contributed by atoms with Crippen molar-refractivity contribution in [2.24, 2.45) is 39.6 Å². The number of amides is 12. The number of primary amides is 2. The van der Waals surface area contributed by atoms with Crippen LogP contribution >= 0.6 is 0 Å². The molecule has 0 saturated carbocycles. The molecule has 2 aliphatic rings. The lowest BCUT2D eigenvalue weighted by atomic mass is 9.96. The molecule has 9 atom stereocenters. The van der Waals surface area contributed by atoms with Crippen LogP contribution in [0.25, 0.3) is 0 Å². The molecule has 32 nitrogen and oxygen atoms in total. The lowest BCUT2D eigenvalue weighted by molar-refractivity contribution is -0.143. The molecule has 0 aliphatic carbocycles. The van der Waals surface area contributed by atoms with Gasteiger partial charge in [-0.25, -0.2) is 9.97 Å². The highest BCUT2D eigenvalue weighted by atomic mass is 16.2. The molecule has 2 saturated heterocycles. The van der Waals surface area contributed by atoms with Crippen LogP contribution in [0.3, 0.4) is 0 Å². The molecule has 2 aliphatic heterocycles. The first-order valence-electron chi connectivity index (χ1n) is 26.8. The Labute approximate surface area is 466 Å². The number of carbonyl (C=O) groups excluding carboxylic acids is 12. The lowest BCUT2D eigenvalue weighted by Gasteiger charge is -2.32. The van der Waals surface area contributed by atoms with E-state index in [0.717, 1.165) is 0 Å². The number of aromatic nitrogens is 4. The zero-order chi connectivity index (χ0) is 59.6. The Morgan fingerprint density at radius 2 is 1.09 bits per heavy atom. The van der Waals surface area contributed by atoms with Crippen LogP contribution in [0.4, 0.5) is 0 Å². The number of nitrogens with zero attached hydrogens (tertiary/aromatic N) is 4. The van der Waals surface area contributed by atoms with E-state index in [1.165, 1.54) is 29.9 Å². The van der Waals surface area contributed by atoms with Crippen molar-refractivity contribution in [3.05, 3.63) is 36.4 Å². The third-order valence-corrected chi connectivity index (χ3v) is 13.5. The SMILES string of the molecule is CC[C@H](C)[C@@H]1NC(=O)[C@H](CCCN=C(N)N)NC(=O)CNC(=O)[C@H](Cc2cnc[nH]2)NC(=O)[C@@H](CCC(N)=O)NC(=O)CNC(=O)[C@H](CCC(N)=O)NC(=O)[C@H](Cc2cnc[nH]2)NC(=O)[C@H]2CCCN2C(=O)[C@H](CCCCN)NC1=O. The minimum absolute atomic E-state index is 0.0393. The zero-order valence-electron chi connectivity index (χ0n) is 45.5. The standard InChI is InChI=1S/C49H78N20O12/c1-3-26(2)40-47(80)65-32(8-4-5-15-50)48(81)69-17-7-10-35(69)46(79)67-34(19-28-21-56-25-61-28)45(78)64-30(11-13-36(51)70)41(74)58-22-39(73)63-31(12-14-37(52)71)43(76)66-33(18-27-20-55-24-60-27)42(75)59-23-38(72)62-29(44(77)68-40)9-6-16-57-49(53)54/h20-21,24-26,29-35,40H,3-19,22-23,50H2,1-2H3,(H2,51,70)(H2,52,71)(H,55,60)(H,56,61)(H,58,74)(H,59,75)(H,62,72)(H,63,73)(H,64,78)(H,65,80)(H,66,76)(H,67,79)(H,68,77)(H4,53,54,57)/t26-,29-,30-,31+,32-,33-,34-,35+,40-/m0/s1. The fraction of sp³-hybridized carbons (Fsp3) is 0.612. The molecule has 0 bridgehead atoms. The van der Waals surface area contributed by atoms with Crippen LogP contribution in [0.2, 0.25) is 0 Å². The van der Waals surface area contributed by atoms with Gasteiger partial charge in [0.2, 0.25) is 70.9 Å². The first-order valence-corrected chi connectivity index (χ1v) is 26.8. The van der Waals surface area contributed by atoms with Gasteiger partial charge in [-0.15, -0.1) is 0 Å². The summed E-state index contributed by atoms with van der Waals surface area (Å²) >= 11 is 0. The highest BCUT2D eigenvalue weighted by Crippen LogP contribution is 2.21. The predicted octanol–water partition coefficient (Wildman–Crippen LogP) is -6.69. The maximum atomic E-state index is 14.7. The van der Waals surface area contributed by atoms with E-state index in [2.05, 4.69) is 72.8 Å². The highest BCUT2D eigenvalue weighted by Gasteiger charge is 2.41. The number of nitrogens with two attached hydrogens (primary N) is 5. The number of hydrogen-bond acceptors (Lipinski definition) is 16. The van der Waals surface area contributed by atoms with E-state index >= 15 is 0 Å². The Hall–Kier alpha value is -8.71. The molecule has 4 heterocycles. The summed E-state index contributed by atoms with van der Waals surface area (Å²) in [7, 11) is 0. The Bertz CT molecular complexity index is 2520. The van der Waals surface area contributed by atoms with E-state index in [0.29, 0.717) is 37.1 Å². The minimum atomic E-state index is -1.56. The molecule has 2 aromatic heterocycles. The maximum Gasteiger partial charge on any atom is 0.245 e. The molecule has 32 heteroatoms. The van der Waals surface area contributed by atoms with Gasteiger partial charge in [-0.2, -0.15) is 0 Å². The summed E-state index contributed by atoms with van der Waals surface area (Å²) in [6.45, 7) is 2.25. The molecule has 12 amide bonds. The Morgan fingerprint density at radius 1 is 0.605 bits per heavy atom. The van der Waals surface area contributed by atoms with Crippen molar-refractivity contribution in [2.75, 3.05) is 32.7 Å². The van der Waals surface area contributed by atoms with Crippen LogP contribution in [0.5, 0.6) is 0 Å². The van der Waals surface area contributed by atoms with Gasteiger partial charge >= 0.3 is 0 Å². The van der Waals surface area contributed by atoms with E-state index in [4.69, 9.17) is 28.7 Å². The number of guanidine groups is 1. The molecule has 81 heavy (non-hydrogen) atoms. The van der Waals surface area contributed by atoms with Crippen LogP contribution < -0.4 is 76.5 Å². The van der Waals surface area contributed by atoms with Gasteiger partial charge in [0.1, 0.15) is 48.3 Å². The van der Waals surface area contributed by atoms with Crippen LogP contribution in [0.1, 0.15) is 102 Å². The second-order valence-electron chi connectivity index (χ2n) is 19.8. The number of fused-ring (bicyclic) bond motifs is 1. The minimum Gasteiger partial charge on any atom is -0.370 e. The van der Waals surface area contributed by atoms with Gasteiger partial charge in [0.25, 0.3) is 0 Å². The third-order valence-electron chi connectivity index (χ3n) is 13.5. The number of H-pyrrole nitrogens is 2. The highest BCUT2D eigenvalue weighted by molar-refractivity contribution is 5.99. The molecule has 2 aromatic rings. The first-order chi connectivity index (χ1) is 38.6. The number of hydrogen-bond donors (Lipinski definition) is 16. The normalized spacial score (nSPS) is 24.1. The van der Waals surface area contributed by atoms with E-state index in [9.17, 15) is 57.5 Å². The fourth-order valence-corrected chi connectivity index (χ4v) is 8.89. The number of aromatic amines is 2. The van der Waals surface area contributed by atoms with Crippen molar-refractivity contribution in [3.8, 4) is 0 Å². The monoisotopic (exact) mass is 1140 g/mol. The summed E-state index contributed by atoms with van der Waals surface area (Å²) in [4.78, 5) is 184. The molecular weight excluding hydrogens is 1060 g/mol. The summed E-state index contributed by atoms with van der Waals surface area (Å²) in [5.74, 6) is -11.2. The van der Waals surface area contributed by atoms with Gasteiger partial charge in [0, 0.05) is 62.6 Å². The fourth-order valence-electron chi connectivity index (χ4n) is 8.89. The van der Waals surface area contributed by atoms with Crippen molar-refractivity contribution in [2.45, 2.75) is 152 Å². The topological polar surface area (TPSA) is 516 Å². The van der Waals surface area contributed by atoms with Gasteiger partial charge in [0.15, 0.2) is 5.96 Å². The summed E-state index contributed by atoms with van der Waals surface area (Å²) < 4.78 is 0. The second-order valence-corrected chi connectivity index (χ2v) is 19.8. The molecule has 0 aromatic carbocycles. The number of imidazole rings is 2. The van der Waals surface area contributed by atoms with E-state index < -0.39 is 157 Å². The van der Waals surface area contributed by atoms with Crippen molar-refractivity contribution < 1.29 is 57.5 Å². The largest absolute Gasteiger partial charge is 0.370 e. The molecule has 0 radical (unpaired) electrons. The van der Waals surface area contributed by atoms with Crippen molar-refractivity contribution in [1.82, 2.24) is 72.7 Å². The Morgan fingerprint density at radius 3 is 1.62 bits per heavy atom. The van der Waals surface area contributed by atoms with E-state index in [-0.39, 0.29) is 70.5 Å². The summed E-state index contributed by atoms with van der Waals surface area (Å²) in [5, 5.41) is 23.0. The van der Waals surface area contributed by atoms with Crippen LogP contribution in [0, 0.1) is 5.92 Å². The van der Waals surface area contributed by atoms with Gasteiger partial charge in [-0.05, 0) is 70.3 Å². The zero-order valence-corrected chi connectivity index (χ0v) is 45.5. The number of nitrogens with one attached hydrogen (secondary N) is 11. The Kier molecular flexibility index (Phi) is 26.4. The predicted molar refractivity (Wildman–Crippen MR) is 288 cm³/mol. The van der Waals surface area contributed by atoms with Gasteiger partial charge in [0.05, 0.1) is 25.7 Å². The average molecular weight is 1140 g/mol. The van der Waals surface area contributed by atoms with Crippen molar-refractivity contribution in [1.29, 1.82) is 0 Å². The number of rotatable bonds is 20. The Balaban J connectivity index is 1.78. The molecule has 446 valence electrons. The van der Waals surface area contributed by atoms with Gasteiger partial charge < -0.3 is 91.4 Å². The molecule has 21 N–H and O–H groups in total. The number of carbonyl (C=O) groups is 12. The maximum absolute atomic E-state index is 14.7. The molecule has 2 fully saturated rings. The second kappa shape index (κ2) is 33.0. The van der Waals surface area contributed by atoms with Crippen LogP contribution in [-0.2, 0) is 70.4 Å². The summed E-state index contributed by atoms with van der Waals surface area (Å²) in [6, 6.07) is -11.1. The summed E-state index contributed by atoms with van der Waals surface area (Å²) in [6.07, 6.45) is 5.12. The summed E-state index contributed by atoms with van der Waals surface area (Å²) in [5.41, 5.74) is 28.4. The molecule has 0 spiro atoms. The van der Waals surface area contributed by atoms with Crippen LogP contribution in [-0.4, -0.2) is 183 Å². The lowest BCUT2D eigenvalue weighted by Crippen LogP contribution is -2.61. The van der Waals surface area contributed by atoms with Crippen LogP contribution in [0.15, 0.2) is 30.0 Å². The first kappa shape index (κ1) is 64.8. The van der Waals surface area contributed by atoms with Gasteiger partial charge in [-0.1, -0.05) is 20.3 Å².